The third-order valence-corrected chi connectivity index (χ3v) is 2.93. The molecule has 0 aliphatic heterocycles. The van der Waals surface area contributed by atoms with Gasteiger partial charge in [-0.05, 0) is 33.6 Å². The Hall–Kier alpha value is 0.160. The first-order chi connectivity index (χ1) is 7.21. The lowest BCUT2D eigenvalue weighted by molar-refractivity contribution is -0.0350. The van der Waals surface area contributed by atoms with Crippen LogP contribution in [-0.2, 0) is 18.5 Å². The number of hydrogen-bond donors (Lipinski definition) is 0. The van der Waals surface area contributed by atoms with Crippen molar-refractivity contribution in [2.45, 2.75) is 39.2 Å². The van der Waals surface area contributed by atoms with Gasteiger partial charge in [0.2, 0.25) is 9.05 Å². The largest absolute Gasteiger partial charge is 0.379 e. The minimum absolute atomic E-state index is 0.0103. The maximum absolute atomic E-state index is 10.6. The van der Waals surface area contributed by atoms with E-state index in [9.17, 15) is 8.42 Å². The summed E-state index contributed by atoms with van der Waals surface area (Å²) in [5.74, 6) is 0.0103. The van der Waals surface area contributed by atoms with Gasteiger partial charge in [-0.15, -0.1) is 0 Å². The van der Waals surface area contributed by atoms with Crippen molar-refractivity contribution in [3.63, 3.8) is 0 Å². The van der Waals surface area contributed by atoms with Gasteiger partial charge in [-0.1, -0.05) is 0 Å². The SMILES string of the molecule is CC(C)(C)OCCOCCCCS(=O)(=O)Cl. The molecule has 0 fully saturated rings. The average Bonchev–Trinajstić information content (AvgIpc) is 2.06. The van der Waals surface area contributed by atoms with Crippen LogP contribution < -0.4 is 0 Å². The molecule has 0 aliphatic rings. The van der Waals surface area contributed by atoms with Crippen LogP contribution in [0.4, 0.5) is 0 Å². The molecular weight excluding hydrogens is 252 g/mol. The summed E-state index contributed by atoms with van der Waals surface area (Å²) in [5.41, 5.74) is -0.143. The van der Waals surface area contributed by atoms with Crippen molar-refractivity contribution >= 4 is 19.7 Å². The van der Waals surface area contributed by atoms with Gasteiger partial charge in [-0.3, -0.25) is 0 Å². The van der Waals surface area contributed by atoms with Gasteiger partial charge in [0.1, 0.15) is 0 Å². The quantitative estimate of drug-likeness (QED) is 0.502. The number of unbranched alkanes of at least 4 members (excludes halogenated alkanes) is 1. The van der Waals surface area contributed by atoms with Gasteiger partial charge < -0.3 is 9.47 Å². The van der Waals surface area contributed by atoms with Crippen LogP contribution in [0.2, 0.25) is 0 Å². The van der Waals surface area contributed by atoms with Crippen molar-refractivity contribution in [1.82, 2.24) is 0 Å². The van der Waals surface area contributed by atoms with Crippen molar-refractivity contribution in [3.8, 4) is 0 Å². The first-order valence-electron chi connectivity index (χ1n) is 5.35. The highest BCUT2D eigenvalue weighted by molar-refractivity contribution is 8.13. The summed E-state index contributed by atoms with van der Waals surface area (Å²) in [6, 6.07) is 0. The summed E-state index contributed by atoms with van der Waals surface area (Å²) in [5, 5.41) is 0. The Morgan fingerprint density at radius 2 is 1.69 bits per heavy atom. The lowest BCUT2D eigenvalue weighted by atomic mass is 10.2. The van der Waals surface area contributed by atoms with Gasteiger partial charge in [-0.2, -0.15) is 0 Å². The number of hydrogen-bond acceptors (Lipinski definition) is 4. The number of ether oxygens (including phenoxy) is 2. The third kappa shape index (κ3) is 14.2. The fraction of sp³-hybridized carbons (Fsp3) is 1.00. The molecule has 0 unspecified atom stereocenters. The number of rotatable bonds is 8. The molecule has 6 heteroatoms. The molecule has 98 valence electrons. The first kappa shape index (κ1) is 16.2. The molecule has 0 atom stereocenters. The van der Waals surface area contributed by atoms with Crippen LogP contribution in [0.1, 0.15) is 33.6 Å². The smallest absolute Gasteiger partial charge is 0.232 e. The molecule has 0 saturated carbocycles. The van der Waals surface area contributed by atoms with Crippen molar-refractivity contribution in [3.05, 3.63) is 0 Å². The molecule has 16 heavy (non-hydrogen) atoms. The zero-order chi connectivity index (χ0) is 12.7. The minimum Gasteiger partial charge on any atom is -0.379 e. The summed E-state index contributed by atoms with van der Waals surface area (Å²) < 4.78 is 31.9. The molecule has 0 amide bonds. The summed E-state index contributed by atoms with van der Waals surface area (Å²) in [4.78, 5) is 0. The maximum Gasteiger partial charge on any atom is 0.232 e. The molecule has 0 heterocycles. The Balaban J connectivity index is 3.23. The lowest BCUT2D eigenvalue weighted by Crippen LogP contribution is -2.21. The molecule has 0 N–H and O–H groups in total. The van der Waals surface area contributed by atoms with Crippen LogP contribution in [0.15, 0.2) is 0 Å². The highest BCUT2D eigenvalue weighted by atomic mass is 35.7. The van der Waals surface area contributed by atoms with Gasteiger partial charge in [0.05, 0.1) is 24.6 Å². The molecule has 0 saturated heterocycles. The highest BCUT2D eigenvalue weighted by Gasteiger charge is 2.09. The average molecular weight is 273 g/mol. The van der Waals surface area contributed by atoms with Crippen LogP contribution in [0.25, 0.3) is 0 Å². The molecule has 0 aliphatic carbocycles. The van der Waals surface area contributed by atoms with E-state index in [0.717, 1.165) is 0 Å². The van der Waals surface area contributed by atoms with E-state index in [2.05, 4.69) is 0 Å². The molecule has 0 aromatic rings. The van der Waals surface area contributed by atoms with Crippen LogP contribution >= 0.6 is 10.7 Å². The fourth-order valence-corrected chi connectivity index (χ4v) is 1.86. The predicted octanol–water partition coefficient (Wildman–Crippen LogP) is 2.17. The summed E-state index contributed by atoms with van der Waals surface area (Å²) in [6.07, 6.45) is 1.23. The van der Waals surface area contributed by atoms with Gasteiger partial charge in [-0.25, -0.2) is 8.42 Å². The Bertz CT molecular complexity index is 269. The monoisotopic (exact) mass is 272 g/mol. The van der Waals surface area contributed by atoms with Crippen LogP contribution in [0.5, 0.6) is 0 Å². The molecule has 0 bridgehead atoms. The lowest BCUT2D eigenvalue weighted by Gasteiger charge is -2.19. The van der Waals surface area contributed by atoms with E-state index in [0.29, 0.717) is 32.7 Å². The predicted molar refractivity (Wildman–Crippen MR) is 65.4 cm³/mol. The summed E-state index contributed by atoms with van der Waals surface area (Å²) in [7, 11) is 1.71. The van der Waals surface area contributed by atoms with E-state index in [1.54, 1.807) is 0 Å². The van der Waals surface area contributed by atoms with E-state index < -0.39 is 9.05 Å². The molecule has 4 nitrogen and oxygen atoms in total. The van der Waals surface area contributed by atoms with Crippen molar-refractivity contribution in [2.24, 2.45) is 0 Å². The molecule has 0 rings (SSSR count). The molecular formula is C10H21ClO4S. The second-order valence-corrected chi connectivity index (χ2v) is 7.42. The maximum atomic E-state index is 10.6. The Morgan fingerprint density at radius 1 is 1.06 bits per heavy atom. The molecule has 0 spiro atoms. The Labute approximate surface area is 103 Å². The van der Waals surface area contributed by atoms with Crippen molar-refractivity contribution in [1.29, 1.82) is 0 Å². The van der Waals surface area contributed by atoms with Crippen molar-refractivity contribution in [2.75, 3.05) is 25.6 Å². The molecule has 0 aromatic carbocycles. The second kappa shape index (κ2) is 7.48. The van der Waals surface area contributed by atoms with Gasteiger partial charge in [0.15, 0.2) is 0 Å². The Morgan fingerprint density at radius 3 is 2.19 bits per heavy atom. The topological polar surface area (TPSA) is 52.6 Å². The fourth-order valence-electron chi connectivity index (χ4n) is 0.987. The number of halogens is 1. The molecule has 0 aromatic heterocycles. The third-order valence-electron chi connectivity index (χ3n) is 1.69. The second-order valence-electron chi connectivity index (χ2n) is 4.52. The van der Waals surface area contributed by atoms with Gasteiger partial charge >= 0.3 is 0 Å². The highest BCUT2D eigenvalue weighted by Crippen LogP contribution is 2.06. The minimum atomic E-state index is -3.35. The van der Waals surface area contributed by atoms with E-state index in [1.807, 2.05) is 20.8 Å². The standard InChI is InChI=1S/C10H21ClO4S/c1-10(2,3)15-8-7-14-6-4-5-9-16(11,12)13/h4-9H2,1-3H3. The van der Waals surface area contributed by atoms with Crippen LogP contribution in [0.3, 0.4) is 0 Å². The first-order valence-corrected chi connectivity index (χ1v) is 7.82. The van der Waals surface area contributed by atoms with E-state index in [-0.39, 0.29) is 11.4 Å². The Kier molecular flexibility index (Phi) is 7.55. The van der Waals surface area contributed by atoms with E-state index in [1.165, 1.54) is 0 Å². The normalized spacial score (nSPS) is 13.0. The van der Waals surface area contributed by atoms with Crippen LogP contribution in [0, 0.1) is 0 Å². The van der Waals surface area contributed by atoms with Crippen molar-refractivity contribution < 1.29 is 17.9 Å². The zero-order valence-electron chi connectivity index (χ0n) is 10.2. The van der Waals surface area contributed by atoms with E-state index in [4.69, 9.17) is 20.2 Å². The summed E-state index contributed by atoms with van der Waals surface area (Å²) >= 11 is 0. The molecule has 0 radical (unpaired) electrons. The van der Waals surface area contributed by atoms with Gasteiger partial charge in [0.25, 0.3) is 0 Å². The van der Waals surface area contributed by atoms with Crippen LogP contribution in [-0.4, -0.2) is 39.6 Å². The summed E-state index contributed by atoms with van der Waals surface area (Å²) in [6.45, 7) is 7.58. The zero-order valence-corrected chi connectivity index (χ0v) is 11.7. The van der Waals surface area contributed by atoms with E-state index >= 15 is 0 Å². The van der Waals surface area contributed by atoms with Gasteiger partial charge in [0, 0.05) is 17.3 Å².